The molecule has 1 aliphatic heterocycles. The molecule has 1 fully saturated rings. The van der Waals surface area contributed by atoms with Gasteiger partial charge in [-0.05, 0) is 12.1 Å². The molecule has 0 bridgehead atoms. The molecule has 1 aromatic carbocycles. The number of halogens is 1. The van der Waals surface area contributed by atoms with Crippen molar-refractivity contribution in [3.63, 3.8) is 0 Å². The molecule has 3 amide bonds. The summed E-state index contributed by atoms with van der Waals surface area (Å²) in [6, 6.07) is 5.53. The van der Waals surface area contributed by atoms with Gasteiger partial charge >= 0.3 is 6.03 Å². The van der Waals surface area contributed by atoms with Crippen LogP contribution in [0, 0.1) is 5.82 Å². The molecule has 82 valence electrons. The van der Waals surface area contributed by atoms with Gasteiger partial charge in [0.1, 0.15) is 11.5 Å². The van der Waals surface area contributed by atoms with Crippen LogP contribution in [0.3, 0.4) is 0 Å². The second kappa shape index (κ2) is 3.77. The van der Waals surface area contributed by atoms with Crippen LogP contribution in [0.5, 0.6) is 0 Å². The fraction of sp³-hybridized carbons (Fsp3) is 0.0909. The van der Waals surface area contributed by atoms with Gasteiger partial charge in [0.05, 0.1) is 0 Å². The molecule has 0 aromatic heterocycles. The van der Waals surface area contributed by atoms with Crippen molar-refractivity contribution in [3.05, 3.63) is 41.3 Å². The Bertz CT molecular complexity index is 497. The summed E-state index contributed by atoms with van der Waals surface area (Å²) in [5.74, 6) is -0.952. The molecule has 16 heavy (non-hydrogen) atoms. The lowest BCUT2D eigenvalue weighted by Crippen LogP contribution is -2.24. The molecule has 1 N–H and O–H groups in total. The van der Waals surface area contributed by atoms with E-state index >= 15 is 0 Å². The highest BCUT2D eigenvalue weighted by Crippen LogP contribution is 2.16. The Kier molecular flexibility index (Phi) is 2.44. The van der Waals surface area contributed by atoms with Crippen LogP contribution in [0.2, 0.25) is 0 Å². The zero-order chi connectivity index (χ0) is 11.7. The van der Waals surface area contributed by atoms with Crippen LogP contribution >= 0.6 is 0 Å². The number of amides is 3. The molecule has 1 heterocycles. The van der Waals surface area contributed by atoms with Crippen molar-refractivity contribution in [1.82, 2.24) is 10.2 Å². The summed E-state index contributed by atoms with van der Waals surface area (Å²) in [6.45, 7) is 0. The van der Waals surface area contributed by atoms with E-state index in [2.05, 4.69) is 5.32 Å². The molecule has 5 heteroatoms. The number of hydrogen-bond acceptors (Lipinski definition) is 2. The van der Waals surface area contributed by atoms with E-state index in [1.54, 1.807) is 12.1 Å². The quantitative estimate of drug-likeness (QED) is 0.573. The zero-order valence-corrected chi connectivity index (χ0v) is 8.53. The first-order valence-electron chi connectivity index (χ1n) is 4.65. The highest BCUT2D eigenvalue weighted by atomic mass is 19.1. The number of nitrogens with one attached hydrogen (secondary N) is 1. The minimum atomic E-state index is -0.518. The lowest BCUT2D eigenvalue weighted by Gasteiger charge is -2.06. The number of likely N-dealkylation sites (N-methyl/N-ethyl adjacent to an activating group) is 1. The third-order valence-electron chi connectivity index (χ3n) is 2.32. The van der Waals surface area contributed by atoms with Gasteiger partial charge in [0.25, 0.3) is 5.91 Å². The van der Waals surface area contributed by atoms with Gasteiger partial charge in [-0.1, -0.05) is 18.2 Å². The number of rotatable bonds is 1. The van der Waals surface area contributed by atoms with Gasteiger partial charge in [0.2, 0.25) is 0 Å². The molecule has 0 saturated carbocycles. The Labute approximate surface area is 91.4 Å². The summed E-state index contributed by atoms with van der Waals surface area (Å²) in [5, 5.41) is 2.11. The van der Waals surface area contributed by atoms with E-state index in [1.807, 2.05) is 0 Å². The van der Waals surface area contributed by atoms with E-state index in [1.165, 1.54) is 25.3 Å². The fourth-order valence-electron chi connectivity index (χ4n) is 1.41. The fourth-order valence-corrected chi connectivity index (χ4v) is 1.41. The summed E-state index contributed by atoms with van der Waals surface area (Å²) in [6.07, 6.45) is 1.34. The van der Waals surface area contributed by atoms with Crippen LogP contribution in [0.15, 0.2) is 30.0 Å². The molecule has 0 unspecified atom stereocenters. The van der Waals surface area contributed by atoms with Crippen LogP contribution in [0.1, 0.15) is 5.56 Å². The third-order valence-corrected chi connectivity index (χ3v) is 2.32. The van der Waals surface area contributed by atoms with Gasteiger partial charge in [-0.25, -0.2) is 9.18 Å². The number of hydrogen-bond donors (Lipinski definition) is 1. The van der Waals surface area contributed by atoms with Gasteiger partial charge in [-0.2, -0.15) is 0 Å². The van der Waals surface area contributed by atoms with Crippen LogP contribution < -0.4 is 5.32 Å². The van der Waals surface area contributed by atoms with Crippen LogP contribution in [-0.4, -0.2) is 23.9 Å². The maximum absolute atomic E-state index is 13.3. The van der Waals surface area contributed by atoms with Crippen molar-refractivity contribution in [2.75, 3.05) is 7.05 Å². The van der Waals surface area contributed by atoms with E-state index in [0.29, 0.717) is 0 Å². The van der Waals surface area contributed by atoms with Gasteiger partial charge in [0, 0.05) is 12.6 Å². The van der Waals surface area contributed by atoms with Gasteiger partial charge in [-0.15, -0.1) is 0 Å². The summed E-state index contributed by atoms with van der Waals surface area (Å²) >= 11 is 0. The predicted octanol–water partition coefficient (Wildman–Crippen LogP) is 1.35. The van der Waals surface area contributed by atoms with E-state index in [0.717, 1.165) is 4.90 Å². The van der Waals surface area contributed by atoms with Crippen molar-refractivity contribution in [3.8, 4) is 0 Å². The molecule has 1 aliphatic rings. The van der Waals surface area contributed by atoms with E-state index in [4.69, 9.17) is 0 Å². The first kappa shape index (κ1) is 10.4. The standard InChI is InChI=1S/C11H9FN2O2/c1-14-9(10(15)13-11(14)16)6-7-4-2-3-5-8(7)12/h2-6H,1H3,(H,13,15,16). The normalized spacial score (nSPS) is 18.1. The molecule has 4 nitrogen and oxygen atoms in total. The Morgan fingerprint density at radius 3 is 2.56 bits per heavy atom. The number of carbonyl (C=O) groups is 2. The van der Waals surface area contributed by atoms with Crippen molar-refractivity contribution in [2.45, 2.75) is 0 Å². The monoisotopic (exact) mass is 220 g/mol. The summed E-state index contributed by atoms with van der Waals surface area (Å²) in [4.78, 5) is 23.6. The van der Waals surface area contributed by atoms with Gasteiger partial charge < -0.3 is 0 Å². The molecule has 2 rings (SSSR count). The molecular weight excluding hydrogens is 211 g/mol. The topological polar surface area (TPSA) is 49.4 Å². The maximum atomic E-state index is 13.3. The second-order valence-electron chi connectivity index (χ2n) is 3.37. The van der Waals surface area contributed by atoms with Gasteiger partial charge in [0.15, 0.2) is 0 Å². The van der Waals surface area contributed by atoms with Crippen molar-refractivity contribution < 1.29 is 14.0 Å². The molecule has 1 aromatic rings. The summed E-state index contributed by atoms with van der Waals surface area (Å²) in [5.41, 5.74) is 0.407. The van der Waals surface area contributed by atoms with Crippen LogP contribution in [0.4, 0.5) is 9.18 Å². The number of imide groups is 1. The van der Waals surface area contributed by atoms with E-state index < -0.39 is 17.8 Å². The minimum absolute atomic E-state index is 0.134. The largest absolute Gasteiger partial charge is 0.328 e. The van der Waals surface area contributed by atoms with Crippen molar-refractivity contribution in [1.29, 1.82) is 0 Å². The lowest BCUT2D eigenvalue weighted by molar-refractivity contribution is -0.115. The minimum Gasteiger partial charge on any atom is -0.292 e. The highest BCUT2D eigenvalue weighted by molar-refractivity contribution is 6.13. The van der Waals surface area contributed by atoms with E-state index in [-0.39, 0.29) is 11.3 Å². The Hall–Kier alpha value is -2.17. The first-order valence-corrected chi connectivity index (χ1v) is 4.65. The zero-order valence-electron chi connectivity index (χ0n) is 8.53. The third kappa shape index (κ3) is 1.67. The number of benzene rings is 1. The lowest BCUT2D eigenvalue weighted by atomic mass is 10.2. The molecule has 1 saturated heterocycles. The van der Waals surface area contributed by atoms with E-state index in [9.17, 15) is 14.0 Å². The predicted molar refractivity (Wildman–Crippen MR) is 55.7 cm³/mol. The Morgan fingerprint density at radius 2 is 2.00 bits per heavy atom. The summed E-state index contributed by atoms with van der Waals surface area (Å²) in [7, 11) is 1.45. The molecular formula is C11H9FN2O2. The average Bonchev–Trinajstić information content (AvgIpc) is 2.48. The Morgan fingerprint density at radius 1 is 1.31 bits per heavy atom. The molecule has 0 spiro atoms. The van der Waals surface area contributed by atoms with Gasteiger partial charge in [-0.3, -0.25) is 15.0 Å². The highest BCUT2D eigenvalue weighted by Gasteiger charge is 2.29. The summed E-state index contributed by atoms with van der Waals surface area (Å²) < 4.78 is 13.3. The second-order valence-corrected chi connectivity index (χ2v) is 3.37. The average molecular weight is 220 g/mol. The molecule has 0 radical (unpaired) electrons. The molecule has 0 atom stereocenters. The van der Waals surface area contributed by atoms with Crippen LogP contribution in [0.25, 0.3) is 6.08 Å². The van der Waals surface area contributed by atoms with Crippen molar-refractivity contribution >= 4 is 18.0 Å². The number of nitrogens with zero attached hydrogens (tertiary/aromatic N) is 1. The Balaban J connectivity index is 2.42. The SMILES string of the molecule is CN1C(=O)NC(=O)C1=Cc1ccccc1F. The van der Waals surface area contributed by atoms with Crippen molar-refractivity contribution in [2.24, 2.45) is 0 Å². The first-order chi connectivity index (χ1) is 7.59. The number of carbonyl (C=O) groups excluding carboxylic acids is 2. The maximum Gasteiger partial charge on any atom is 0.328 e. The number of urea groups is 1. The smallest absolute Gasteiger partial charge is 0.292 e. The molecule has 0 aliphatic carbocycles. The van der Waals surface area contributed by atoms with Crippen LogP contribution in [-0.2, 0) is 4.79 Å².